The number of nitrogens with zero attached hydrogens (tertiary/aromatic N) is 2. The Bertz CT molecular complexity index is 1430. The first-order chi connectivity index (χ1) is 15.3. The molecule has 1 aliphatic rings. The molecule has 5 rings (SSSR count). The van der Waals surface area contributed by atoms with Crippen LogP contribution in [0.5, 0.6) is 0 Å². The van der Waals surface area contributed by atoms with E-state index >= 15 is 0 Å². The number of amides is 1. The van der Waals surface area contributed by atoms with E-state index in [9.17, 15) is 13.2 Å². The molecule has 8 heteroatoms. The summed E-state index contributed by atoms with van der Waals surface area (Å²) in [5, 5.41) is 0.754. The van der Waals surface area contributed by atoms with Gasteiger partial charge in [-0.25, -0.2) is 13.4 Å². The first-order valence-corrected chi connectivity index (χ1v) is 12.5. The van der Waals surface area contributed by atoms with Gasteiger partial charge in [0.2, 0.25) is 5.91 Å². The molecule has 0 bridgehead atoms. The maximum atomic E-state index is 13.2. The Balaban J connectivity index is 1.50. The van der Waals surface area contributed by atoms with Crippen molar-refractivity contribution in [2.75, 3.05) is 9.62 Å². The van der Waals surface area contributed by atoms with Crippen molar-refractivity contribution >= 4 is 48.9 Å². The number of anilines is 2. The van der Waals surface area contributed by atoms with Crippen molar-refractivity contribution in [1.82, 2.24) is 4.98 Å². The lowest BCUT2D eigenvalue weighted by Gasteiger charge is -2.20. The van der Waals surface area contributed by atoms with Crippen LogP contribution in [0.1, 0.15) is 19.4 Å². The number of fused-ring (bicyclic) bond motifs is 2. The number of benzene rings is 3. The molecular weight excluding hydrogens is 442 g/mol. The van der Waals surface area contributed by atoms with Gasteiger partial charge in [-0.2, -0.15) is 0 Å². The van der Waals surface area contributed by atoms with Crippen LogP contribution in [0.2, 0.25) is 0 Å². The Morgan fingerprint density at radius 2 is 1.84 bits per heavy atom. The highest BCUT2D eigenvalue weighted by atomic mass is 32.2. The number of para-hydroxylation sites is 2. The number of hydrogen-bond acceptors (Lipinski definition) is 5. The lowest BCUT2D eigenvalue weighted by molar-refractivity contribution is -0.116. The van der Waals surface area contributed by atoms with Gasteiger partial charge >= 0.3 is 0 Å². The van der Waals surface area contributed by atoms with E-state index < -0.39 is 10.0 Å². The van der Waals surface area contributed by atoms with Crippen LogP contribution in [0.4, 0.5) is 11.4 Å². The van der Waals surface area contributed by atoms with Crippen LogP contribution in [-0.4, -0.2) is 25.4 Å². The van der Waals surface area contributed by atoms with E-state index in [1.54, 1.807) is 35.2 Å². The van der Waals surface area contributed by atoms with E-state index in [0.717, 1.165) is 32.0 Å². The van der Waals surface area contributed by atoms with E-state index in [0.29, 0.717) is 12.1 Å². The molecule has 2 heterocycles. The molecule has 1 aliphatic heterocycles. The average Bonchev–Trinajstić information content (AvgIpc) is 3.33. The second kappa shape index (κ2) is 7.72. The number of hydrogen-bond donors (Lipinski definition) is 1. The first kappa shape index (κ1) is 20.7. The van der Waals surface area contributed by atoms with Crippen molar-refractivity contribution in [3.05, 3.63) is 72.3 Å². The van der Waals surface area contributed by atoms with E-state index in [2.05, 4.69) is 9.71 Å². The minimum absolute atomic E-state index is 0.00757. The van der Waals surface area contributed by atoms with Crippen molar-refractivity contribution in [2.45, 2.75) is 31.2 Å². The van der Waals surface area contributed by atoms with Gasteiger partial charge in [0.25, 0.3) is 10.0 Å². The summed E-state index contributed by atoms with van der Waals surface area (Å²) in [5.41, 5.74) is 3.72. The molecule has 3 aromatic carbocycles. The Hall–Kier alpha value is -3.23. The maximum Gasteiger partial charge on any atom is 0.261 e. The summed E-state index contributed by atoms with van der Waals surface area (Å²) in [7, 11) is -3.83. The van der Waals surface area contributed by atoms with Gasteiger partial charge in [0.15, 0.2) is 0 Å². The SMILES string of the molecule is CC(=O)N1c2ccc(S(=O)(=O)Nc3ccccc3-c3nc4ccccc4s3)cc2CC1C. The smallest absolute Gasteiger partial charge is 0.261 e. The monoisotopic (exact) mass is 463 g/mol. The second-order valence-electron chi connectivity index (χ2n) is 7.87. The minimum Gasteiger partial charge on any atom is -0.309 e. The number of rotatable bonds is 4. The summed E-state index contributed by atoms with van der Waals surface area (Å²) in [4.78, 5) is 18.5. The second-order valence-corrected chi connectivity index (χ2v) is 10.6. The molecule has 1 aromatic heterocycles. The third-order valence-corrected chi connectivity index (χ3v) is 8.04. The van der Waals surface area contributed by atoms with Crippen molar-refractivity contribution in [2.24, 2.45) is 0 Å². The molecule has 0 saturated heterocycles. The van der Waals surface area contributed by atoms with Crippen LogP contribution in [0.25, 0.3) is 20.8 Å². The first-order valence-electron chi connectivity index (χ1n) is 10.2. The number of thiazole rings is 1. The minimum atomic E-state index is -3.83. The lowest BCUT2D eigenvalue weighted by atomic mass is 10.1. The van der Waals surface area contributed by atoms with E-state index in [1.165, 1.54) is 18.3 Å². The Morgan fingerprint density at radius 3 is 2.62 bits per heavy atom. The fourth-order valence-electron chi connectivity index (χ4n) is 4.20. The number of sulfonamides is 1. The lowest BCUT2D eigenvalue weighted by Crippen LogP contribution is -2.33. The highest BCUT2D eigenvalue weighted by Crippen LogP contribution is 2.37. The van der Waals surface area contributed by atoms with Gasteiger partial charge in [-0.15, -0.1) is 11.3 Å². The van der Waals surface area contributed by atoms with E-state index in [1.807, 2.05) is 43.3 Å². The zero-order chi connectivity index (χ0) is 22.5. The molecule has 0 fully saturated rings. The maximum absolute atomic E-state index is 13.2. The topological polar surface area (TPSA) is 79.4 Å². The number of carbonyl (C=O) groups is 1. The van der Waals surface area contributed by atoms with Gasteiger partial charge in [-0.3, -0.25) is 9.52 Å². The molecule has 32 heavy (non-hydrogen) atoms. The predicted molar refractivity (Wildman–Crippen MR) is 129 cm³/mol. The van der Waals surface area contributed by atoms with Crippen molar-refractivity contribution < 1.29 is 13.2 Å². The summed E-state index contributed by atoms with van der Waals surface area (Å²) in [6.07, 6.45) is 0.626. The predicted octanol–water partition coefficient (Wildman–Crippen LogP) is 5.06. The average molecular weight is 464 g/mol. The Kier molecular flexibility index (Phi) is 4.98. The highest BCUT2D eigenvalue weighted by molar-refractivity contribution is 7.92. The Labute approximate surface area is 190 Å². The Morgan fingerprint density at radius 1 is 1.09 bits per heavy atom. The van der Waals surface area contributed by atoms with Crippen molar-refractivity contribution in [3.63, 3.8) is 0 Å². The molecule has 0 spiro atoms. The molecule has 0 aliphatic carbocycles. The summed E-state index contributed by atoms with van der Waals surface area (Å²) in [5.74, 6) is -0.0465. The standard InChI is InChI=1S/C24H21N3O3S2/c1-15-13-17-14-18(11-12-22(17)27(15)16(2)28)32(29,30)26-20-8-4-3-7-19(20)24-25-21-9-5-6-10-23(21)31-24/h3-12,14-15,26H,13H2,1-2H3. The molecule has 0 radical (unpaired) electrons. The fraction of sp³-hybridized carbons (Fsp3) is 0.167. The molecule has 4 aromatic rings. The molecule has 6 nitrogen and oxygen atoms in total. The number of carbonyl (C=O) groups excluding carboxylic acids is 1. The van der Waals surface area contributed by atoms with Crippen LogP contribution in [0, 0.1) is 0 Å². The third-order valence-electron chi connectivity index (χ3n) is 5.61. The summed E-state index contributed by atoms with van der Waals surface area (Å²) in [6.45, 7) is 3.48. The van der Waals surface area contributed by atoms with Crippen molar-refractivity contribution in [1.29, 1.82) is 0 Å². The summed E-state index contributed by atoms with van der Waals surface area (Å²) >= 11 is 1.52. The summed E-state index contributed by atoms with van der Waals surface area (Å²) < 4.78 is 30.3. The summed E-state index contributed by atoms with van der Waals surface area (Å²) in [6, 6.07) is 20.0. The zero-order valence-corrected chi connectivity index (χ0v) is 19.2. The van der Waals surface area contributed by atoms with Gasteiger partial charge in [0.05, 0.1) is 20.8 Å². The van der Waals surface area contributed by atoms with E-state index in [-0.39, 0.29) is 16.8 Å². The fourth-order valence-corrected chi connectivity index (χ4v) is 6.34. The molecule has 1 atom stereocenters. The van der Waals surface area contributed by atoms with Gasteiger partial charge in [-0.05, 0) is 61.4 Å². The molecule has 162 valence electrons. The van der Waals surface area contributed by atoms with Gasteiger partial charge < -0.3 is 4.90 Å². The van der Waals surface area contributed by atoms with Crippen molar-refractivity contribution in [3.8, 4) is 10.6 Å². The van der Waals surface area contributed by atoms with Gasteiger partial charge in [0, 0.05) is 24.2 Å². The van der Waals surface area contributed by atoms with Gasteiger partial charge in [0.1, 0.15) is 5.01 Å². The molecular formula is C24H21N3O3S2. The van der Waals surface area contributed by atoms with Crippen LogP contribution in [-0.2, 0) is 21.2 Å². The third kappa shape index (κ3) is 3.55. The van der Waals surface area contributed by atoms with E-state index in [4.69, 9.17) is 0 Å². The molecule has 1 unspecified atom stereocenters. The van der Waals surface area contributed by atoms with Crippen LogP contribution >= 0.6 is 11.3 Å². The van der Waals surface area contributed by atoms with Crippen LogP contribution < -0.4 is 9.62 Å². The molecule has 0 saturated carbocycles. The molecule has 1 N–H and O–H groups in total. The highest BCUT2D eigenvalue weighted by Gasteiger charge is 2.30. The van der Waals surface area contributed by atoms with Gasteiger partial charge in [-0.1, -0.05) is 24.3 Å². The normalized spacial score (nSPS) is 15.7. The number of nitrogens with one attached hydrogen (secondary N) is 1. The largest absolute Gasteiger partial charge is 0.309 e. The quantitative estimate of drug-likeness (QED) is 0.459. The molecule has 1 amide bonds. The zero-order valence-electron chi connectivity index (χ0n) is 17.6. The van der Waals surface area contributed by atoms with Crippen LogP contribution in [0.15, 0.2) is 71.6 Å². The van der Waals surface area contributed by atoms with Crippen LogP contribution in [0.3, 0.4) is 0 Å². The number of aromatic nitrogens is 1.